The summed E-state index contributed by atoms with van der Waals surface area (Å²) in [4.78, 5) is 18.4. The van der Waals surface area contributed by atoms with Gasteiger partial charge in [0, 0.05) is 17.5 Å². The lowest BCUT2D eigenvalue weighted by Gasteiger charge is -2.07. The van der Waals surface area contributed by atoms with E-state index in [4.69, 9.17) is 0 Å². The zero-order valence-electron chi connectivity index (χ0n) is 15.3. The van der Waals surface area contributed by atoms with Gasteiger partial charge in [0.05, 0.1) is 18.3 Å². The van der Waals surface area contributed by atoms with Crippen LogP contribution < -0.4 is 5.56 Å². The molecule has 0 saturated carbocycles. The molecule has 0 fully saturated rings. The fourth-order valence-electron chi connectivity index (χ4n) is 3.00. The molecule has 0 spiro atoms. The van der Waals surface area contributed by atoms with Gasteiger partial charge in [-0.3, -0.25) is 9.36 Å². The Morgan fingerprint density at radius 3 is 2.78 bits per heavy atom. The molecule has 0 aliphatic carbocycles. The molecule has 0 unspecified atom stereocenters. The van der Waals surface area contributed by atoms with Crippen molar-refractivity contribution >= 4 is 21.6 Å². The van der Waals surface area contributed by atoms with E-state index >= 15 is 0 Å². The predicted molar refractivity (Wildman–Crippen MR) is 106 cm³/mol. The van der Waals surface area contributed by atoms with E-state index in [1.165, 1.54) is 16.9 Å². The van der Waals surface area contributed by atoms with E-state index in [0.29, 0.717) is 17.8 Å². The fourth-order valence-corrected chi connectivity index (χ4v) is 3.90. The first kappa shape index (κ1) is 17.5. The first-order valence-electron chi connectivity index (χ1n) is 8.96. The number of nitrogens with zero attached hydrogens (tertiary/aromatic N) is 6. The van der Waals surface area contributed by atoms with Crippen molar-refractivity contribution in [1.29, 1.82) is 0 Å². The summed E-state index contributed by atoms with van der Waals surface area (Å²) in [5.41, 5.74) is 3.07. The topological polar surface area (TPSA) is 78.5 Å². The van der Waals surface area contributed by atoms with Crippen LogP contribution in [0.4, 0.5) is 0 Å². The lowest BCUT2D eigenvalue weighted by atomic mass is 10.1. The van der Waals surface area contributed by atoms with Crippen molar-refractivity contribution in [3.63, 3.8) is 0 Å². The Morgan fingerprint density at radius 2 is 2.00 bits per heavy atom. The summed E-state index contributed by atoms with van der Waals surface area (Å²) >= 11 is 1.49. The highest BCUT2D eigenvalue weighted by Gasteiger charge is 2.15. The van der Waals surface area contributed by atoms with Gasteiger partial charge in [-0.1, -0.05) is 43.2 Å². The van der Waals surface area contributed by atoms with Crippen LogP contribution in [0.15, 0.2) is 40.8 Å². The average molecular weight is 380 g/mol. The Bertz CT molecular complexity index is 1130. The maximum Gasteiger partial charge on any atom is 0.263 e. The summed E-state index contributed by atoms with van der Waals surface area (Å²) in [6, 6.07) is 8.18. The van der Waals surface area contributed by atoms with Gasteiger partial charge in [-0.25, -0.2) is 9.67 Å². The molecule has 27 heavy (non-hydrogen) atoms. The lowest BCUT2D eigenvalue weighted by molar-refractivity contribution is 0.521. The summed E-state index contributed by atoms with van der Waals surface area (Å²) < 4.78 is 3.34. The zero-order chi connectivity index (χ0) is 18.8. The third kappa shape index (κ3) is 3.40. The molecule has 0 atom stereocenters. The van der Waals surface area contributed by atoms with Gasteiger partial charge >= 0.3 is 0 Å². The maximum atomic E-state index is 13.2. The number of unbranched alkanes of at least 4 members (excludes halogenated alkanes) is 1. The van der Waals surface area contributed by atoms with Crippen LogP contribution in [0.5, 0.6) is 0 Å². The second kappa shape index (κ2) is 7.40. The number of rotatable bonds is 6. The molecular formula is C19H20N6OS. The molecule has 0 amide bonds. The van der Waals surface area contributed by atoms with Crippen LogP contribution >= 0.6 is 11.3 Å². The predicted octanol–water partition coefficient (Wildman–Crippen LogP) is 3.27. The minimum atomic E-state index is -0.0677. The lowest BCUT2D eigenvalue weighted by Crippen LogP contribution is -2.23. The van der Waals surface area contributed by atoms with Gasteiger partial charge in [0.2, 0.25) is 0 Å². The highest BCUT2D eigenvalue weighted by atomic mass is 32.1. The molecule has 4 aromatic rings. The molecule has 138 valence electrons. The van der Waals surface area contributed by atoms with E-state index in [2.05, 4.69) is 39.6 Å². The van der Waals surface area contributed by atoms with Gasteiger partial charge in [-0.15, -0.1) is 16.4 Å². The summed E-state index contributed by atoms with van der Waals surface area (Å²) in [7, 11) is 0. The summed E-state index contributed by atoms with van der Waals surface area (Å²) in [6.45, 7) is 5.22. The van der Waals surface area contributed by atoms with Crippen molar-refractivity contribution in [2.24, 2.45) is 0 Å². The molecule has 3 aromatic heterocycles. The van der Waals surface area contributed by atoms with E-state index in [1.807, 2.05) is 24.4 Å². The number of thiophene rings is 1. The molecule has 0 bridgehead atoms. The molecule has 3 heterocycles. The second-order valence-corrected chi connectivity index (χ2v) is 7.40. The number of fused-ring (bicyclic) bond motifs is 1. The Hall–Kier alpha value is -2.87. The molecule has 8 heteroatoms. The number of tetrazole rings is 1. The zero-order valence-corrected chi connectivity index (χ0v) is 16.1. The third-order valence-electron chi connectivity index (χ3n) is 4.56. The maximum absolute atomic E-state index is 13.2. The first-order valence-corrected chi connectivity index (χ1v) is 9.84. The summed E-state index contributed by atoms with van der Waals surface area (Å²) in [6.07, 6.45) is 3.63. The Kier molecular flexibility index (Phi) is 4.81. The van der Waals surface area contributed by atoms with Crippen molar-refractivity contribution < 1.29 is 0 Å². The molecule has 4 rings (SSSR count). The highest BCUT2D eigenvalue weighted by molar-refractivity contribution is 7.17. The molecule has 7 nitrogen and oxygen atoms in total. The van der Waals surface area contributed by atoms with Crippen LogP contribution in [0.3, 0.4) is 0 Å². The van der Waals surface area contributed by atoms with Crippen molar-refractivity contribution in [2.75, 3.05) is 0 Å². The molecule has 0 N–H and O–H groups in total. The third-order valence-corrected chi connectivity index (χ3v) is 5.45. The summed E-state index contributed by atoms with van der Waals surface area (Å²) in [5.74, 6) is 0.666. The van der Waals surface area contributed by atoms with Crippen molar-refractivity contribution in [3.8, 4) is 11.1 Å². The van der Waals surface area contributed by atoms with Crippen molar-refractivity contribution in [3.05, 3.63) is 57.7 Å². The van der Waals surface area contributed by atoms with Gasteiger partial charge in [0.15, 0.2) is 5.82 Å². The SMILES string of the molecule is CCCCn1nnnc1Cn1cnc2scc(-c3ccc(C)cc3)c2c1=O. The van der Waals surface area contributed by atoms with Crippen LogP contribution in [0.25, 0.3) is 21.3 Å². The monoisotopic (exact) mass is 380 g/mol. The van der Waals surface area contributed by atoms with E-state index in [9.17, 15) is 4.79 Å². The summed E-state index contributed by atoms with van der Waals surface area (Å²) in [5, 5.41) is 14.5. The van der Waals surface area contributed by atoms with Crippen molar-refractivity contribution in [2.45, 2.75) is 39.8 Å². The highest BCUT2D eigenvalue weighted by Crippen LogP contribution is 2.30. The minimum absolute atomic E-state index is 0.0677. The van der Waals surface area contributed by atoms with Gasteiger partial charge in [-0.05, 0) is 29.3 Å². The number of hydrogen-bond donors (Lipinski definition) is 0. The van der Waals surface area contributed by atoms with Crippen LogP contribution in [-0.2, 0) is 13.1 Å². The standard InChI is InChI=1S/C19H20N6OS/c1-3-4-9-25-16(21-22-23-25)10-24-12-20-18-17(19(24)26)15(11-27-18)14-7-5-13(2)6-8-14/h5-8,11-12H,3-4,9-10H2,1-2H3. The number of benzene rings is 1. The van der Waals surface area contributed by atoms with Crippen molar-refractivity contribution in [1.82, 2.24) is 29.8 Å². The van der Waals surface area contributed by atoms with Crippen LogP contribution in [0.2, 0.25) is 0 Å². The van der Waals surface area contributed by atoms with Gasteiger partial charge < -0.3 is 0 Å². The first-order chi connectivity index (χ1) is 13.2. The number of aromatic nitrogens is 6. The average Bonchev–Trinajstić information content (AvgIpc) is 3.30. The molecule has 0 saturated heterocycles. The van der Waals surface area contributed by atoms with Gasteiger partial charge in [0.25, 0.3) is 5.56 Å². The Morgan fingerprint density at radius 1 is 1.19 bits per heavy atom. The van der Waals surface area contributed by atoms with E-state index < -0.39 is 0 Å². The van der Waals surface area contributed by atoms with E-state index in [-0.39, 0.29) is 5.56 Å². The second-order valence-electron chi connectivity index (χ2n) is 6.54. The van der Waals surface area contributed by atoms with E-state index in [1.54, 1.807) is 15.6 Å². The van der Waals surface area contributed by atoms with Crippen LogP contribution in [0.1, 0.15) is 31.2 Å². The van der Waals surface area contributed by atoms with Gasteiger partial charge in [0.1, 0.15) is 4.83 Å². The fraction of sp³-hybridized carbons (Fsp3) is 0.316. The van der Waals surface area contributed by atoms with E-state index in [0.717, 1.165) is 35.3 Å². The number of hydrogen-bond acceptors (Lipinski definition) is 6. The van der Waals surface area contributed by atoms with Crippen LogP contribution in [0, 0.1) is 6.92 Å². The molecule has 0 radical (unpaired) electrons. The minimum Gasteiger partial charge on any atom is -0.291 e. The van der Waals surface area contributed by atoms with Crippen LogP contribution in [-0.4, -0.2) is 29.8 Å². The Labute approximate surface area is 160 Å². The molecule has 0 aliphatic rings. The molecule has 1 aromatic carbocycles. The largest absolute Gasteiger partial charge is 0.291 e. The quantitative estimate of drug-likeness (QED) is 0.513. The molecule has 0 aliphatic heterocycles. The van der Waals surface area contributed by atoms with Gasteiger partial charge in [-0.2, -0.15) is 0 Å². The Balaban J connectivity index is 1.74. The number of aryl methyl sites for hydroxylation is 2. The molecular weight excluding hydrogens is 360 g/mol. The smallest absolute Gasteiger partial charge is 0.263 e. The normalized spacial score (nSPS) is 11.3.